The highest BCUT2D eigenvalue weighted by molar-refractivity contribution is 5.29. The second-order valence-corrected chi connectivity index (χ2v) is 6.42. The molecule has 1 heterocycles. The van der Waals surface area contributed by atoms with Crippen LogP contribution in [-0.2, 0) is 18.4 Å². The monoisotopic (exact) mass is 286 g/mol. The highest BCUT2D eigenvalue weighted by Crippen LogP contribution is 2.24. The largest absolute Gasteiger partial charge is 0.335 e. The van der Waals surface area contributed by atoms with Crippen molar-refractivity contribution in [1.82, 2.24) is 15.0 Å². The van der Waals surface area contributed by atoms with Crippen molar-refractivity contribution >= 4 is 0 Å². The van der Waals surface area contributed by atoms with Crippen molar-refractivity contribution in [3.05, 3.63) is 53.6 Å². The number of imidazole rings is 1. The zero-order valence-electron chi connectivity index (χ0n) is 13.4. The van der Waals surface area contributed by atoms with E-state index in [9.17, 15) is 0 Å². The van der Waals surface area contributed by atoms with Crippen molar-refractivity contribution in [3.8, 4) is 0 Å². The minimum Gasteiger partial charge on any atom is -0.335 e. The molecule has 21 heavy (non-hydrogen) atoms. The molecule has 4 heteroatoms. The van der Waals surface area contributed by atoms with Gasteiger partial charge in [-0.2, -0.15) is 0 Å². The van der Waals surface area contributed by atoms with E-state index in [0.29, 0.717) is 0 Å². The average Bonchev–Trinajstić information content (AvgIpc) is 2.91. The van der Waals surface area contributed by atoms with Crippen molar-refractivity contribution in [2.75, 3.05) is 0 Å². The number of hydrazine groups is 1. The molecular weight excluding hydrogens is 260 g/mol. The normalized spacial score (nSPS) is 13.4. The Morgan fingerprint density at radius 3 is 2.43 bits per heavy atom. The van der Waals surface area contributed by atoms with Crippen LogP contribution in [-0.4, -0.2) is 9.55 Å². The van der Waals surface area contributed by atoms with E-state index in [4.69, 9.17) is 5.84 Å². The van der Waals surface area contributed by atoms with E-state index in [-0.39, 0.29) is 11.5 Å². The van der Waals surface area contributed by atoms with Gasteiger partial charge in [0.1, 0.15) is 5.82 Å². The Morgan fingerprint density at radius 2 is 1.90 bits per heavy atom. The smallest absolute Gasteiger partial charge is 0.110 e. The van der Waals surface area contributed by atoms with E-state index in [1.165, 1.54) is 11.1 Å². The molecule has 2 aromatic rings. The molecule has 1 aromatic carbocycles. The molecule has 1 atom stereocenters. The van der Waals surface area contributed by atoms with Crippen molar-refractivity contribution in [3.63, 3.8) is 0 Å². The summed E-state index contributed by atoms with van der Waals surface area (Å²) in [6.45, 7) is 9.71. The highest BCUT2D eigenvalue weighted by Gasteiger charge is 2.16. The molecule has 0 aliphatic rings. The van der Waals surface area contributed by atoms with Crippen LogP contribution in [0.5, 0.6) is 0 Å². The molecule has 0 spiro atoms. The van der Waals surface area contributed by atoms with Crippen LogP contribution in [0.2, 0.25) is 0 Å². The first kappa shape index (κ1) is 15.7. The third-order valence-corrected chi connectivity index (χ3v) is 3.91. The Balaban J connectivity index is 2.18. The summed E-state index contributed by atoms with van der Waals surface area (Å²) < 4.78 is 2.15. The van der Waals surface area contributed by atoms with Gasteiger partial charge in [0.2, 0.25) is 0 Å². The molecule has 4 nitrogen and oxygen atoms in total. The number of nitrogens with one attached hydrogen (secondary N) is 1. The lowest BCUT2D eigenvalue weighted by molar-refractivity contribution is 0.522. The number of hydrogen-bond donors (Lipinski definition) is 2. The third kappa shape index (κ3) is 3.71. The number of nitrogens with zero attached hydrogens (tertiary/aromatic N) is 2. The van der Waals surface area contributed by atoms with Crippen LogP contribution < -0.4 is 11.3 Å². The molecule has 0 saturated heterocycles. The topological polar surface area (TPSA) is 55.9 Å². The number of rotatable bonds is 5. The third-order valence-electron chi connectivity index (χ3n) is 3.91. The maximum atomic E-state index is 5.75. The summed E-state index contributed by atoms with van der Waals surface area (Å²) >= 11 is 0. The van der Waals surface area contributed by atoms with Gasteiger partial charge in [-0.15, -0.1) is 0 Å². The molecule has 0 aliphatic carbocycles. The number of nitrogens with two attached hydrogens (primary N) is 1. The average molecular weight is 286 g/mol. The Hall–Kier alpha value is -1.65. The van der Waals surface area contributed by atoms with Gasteiger partial charge in [0.15, 0.2) is 0 Å². The number of aryl methyl sites for hydroxylation is 1. The molecule has 0 fully saturated rings. The summed E-state index contributed by atoms with van der Waals surface area (Å²) in [6.07, 6.45) is 4.63. The molecule has 0 bridgehead atoms. The summed E-state index contributed by atoms with van der Waals surface area (Å²) in [4.78, 5) is 4.42. The van der Waals surface area contributed by atoms with E-state index < -0.39 is 0 Å². The maximum Gasteiger partial charge on any atom is 0.110 e. The molecule has 0 radical (unpaired) electrons. The van der Waals surface area contributed by atoms with Crippen LogP contribution in [0.15, 0.2) is 36.7 Å². The van der Waals surface area contributed by atoms with Crippen molar-refractivity contribution in [1.29, 1.82) is 0 Å². The van der Waals surface area contributed by atoms with Crippen LogP contribution in [0.4, 0.5) is 0 Å². The fourth-order valence-electron chi connectivity index (χ4n) is 2.49. The minimum absolute atomic E-state index is 0.0757. The predicted molar refractivity (Wildman–Crippen MR) is 86.8 cm³/mol. The van der Waals surface area contributed by atoms with E-state index in [2.05, 4.69) is 66.9 Å². The molecular formula is C17H26N4. The second-order valence-electron chi connectivity index (χ2n) is 6.42. The molecule has 3 N–H and O–H groups in total. The summed E-state index contributed by atoms with van der Waals surface area (Å²) in [5.41, 5.74) is 5.60. The van der Waals surface area contributed by atoms with Crippen LogP contribution in [0.3, 0.4) is 0 Å². The Labute approximate surface area is 127 Å². The standard InChI is InChI=1S/C17H26N4/c1-5-21-11-10-19-16(21)12-15(20-18)13-6-8-14(9-7-13)17(2,3)4/h6-11,15,20H,5,12,18H2,1-4H3. The van der Waals surface area contributed by atoms with Gasteiger partial charge in [0.25, 0.3) is 0 Å². The number of benzene rings is 1. The van der Waals surface area contributed by atoms with Gasteiger partial charge in [-0.3, -0.25) is 11.3 Å². The van der Waals surface area contributed by atoms with Crippen LogP contribution in [0.25, 0.3) is 0 Å². The lowest BCUT2D eigenvalue weighted by atomic mass is 9.86. The number of hydrogen-bond acceptors (Lipinski definition) is 3. The summed E-state index contributed by atoms with van der Waals surface area (Å²) in [5.74, 6) is 6.81. The first-order valence-electron chi connectivity index (χ1n) is 7.52. The van der Waals surface area contributed by atoms with Crippen molar-refractivity contribution in [2.24, 2.45) is 5.84 Å². The van der Waals surface area contributed by atoms with Gasteiger partial charge in [-0.25, -0.2) is 4.98 Å². The van der Waals surface area contributed by atoms with Gasteiger partial charge in [0, 0.05) is 25.4 Å². The van der Waals surface area contributed by atoms with Crippen molar-refractivity contribution in [2.45, 2.75) is 52.1 Å². The van der Waals surface area contributed by atoms with Gasteiger partial charge in [-0.1, -0.05) is 45.0 Å². The van der Waals surface area contributed by atoms with Gasteiger partial charge in [-0.05, 0) is 23.5 Å². The highest BCUT2D eigenvalue weighted by atomic mass is 15.2. The van der Waals surface area contributed by atoms with Gasteiger partial charge in [0.05, 0.1) is 6.04 Å². The Kier molecular flexibility index (Phi) is 4.80. The fourth-order valence-corrected chi connectivity index (χ4v) is 2.49. The zero-order chi connectivity index (χ0) is 15.5. The zero-order valence-corrected chi connectivity index (χ0v) is 13.4. The van der Waals surface area contributed by atoms with E-state index in [1.54, 1.807) is 0 Å². The maximum absolute atomic E-state index is 5.75. The summed E-state index contributed by atoms with van der Waals surface area (Å²) in [7, 11) is 0. The Bertz CT molecular complexity index is 563. The fraction of sp³-hybridized carbons (Fsp3) is 0.471. The molecule has 0 saturated carbocycles. The first-order valence-corrected chi connectivity index (χ1v) is 7.52. The first-order chi connectivity index (χ1) is 9.95. The van der Waals surface area contributed by atoms with Crippen LogP contribution in [0.1, 0.15) is 50.7 Å². The van der Waals surface area contributed by atoms with Crippen molar-refractivity contribution < 1.29 is 0 Å². The van der Waals surface area contributed by atoms with E-state index in [0.717, 1.165) is 18.8 Å². The van der Waals surface area contributed by atoms with E-state index in [1.807, 2.05) is 12.4 Å². The Morgan fingerprint density at radius 1 is 1.24 bits per heavy atom. The minimum atomic E-state index is 0.0757. The molecule has 1 aromatic heterocycles. The lowest BCUT2D eigenvalue weighted by Gasteiger charge is -2.21. The van der Waals surface area contributed by atoms with Crippen LogP contribution in [0, 0.1) is 0 Å². The molecule has 0 amide bonds. The molecule has 2 rings (SSSR count). The number of aromatic nitrogens is 2. The molecule has 114 valence electrons. The predicted octanol–water partition coefficient (Wildman–Crippen LogP) is 2.95. The second kappa shape index (κ2) is 6.41. The summed E-state index contributed by atoms with van der Waals surface area (Å²) in [6, 6.07) is 8.76. The quantitative estimate of drug-likeness (QED) is 0.656. The van der Waals surface area contributed by atoms with Crippen LogP contribution >= 0.6 is 0 Å². The van der Waals surface area contributed by atoms with Gasteiger partial charge >= 0.3 is 0 Å². The molecule has 1 unspecified atom stereocenters. The molecule has 0 aliphatic heterocycles. The SMILES string of the molecule is CCn1ccnc1CC(NN)c1ccc(C(C)(C)C)cc1. The summed E-state index contributed by atoms with van der Waals surface area (Å²) in [5, 5.41) is 0. The van der Waals surface area contributed by atoms with E-state index >= 15 is 0 Å². The lowest BCUT2D eigenvalue weighted by Crippen LogP contribution is -2.30. The van der Waals surface area contributed by atoms with Gasteiger partial charge < -0.3 is 4.57 Å².